The lowest BCUT2D eigenvalue weighted by atomic mass is 9.95. The quantitative estimate of drug-likeness (QED) is 0.815. The van der Waals surface area contributed by atoms with Gasteiger partial charge in [0.1, 0.15) is 0 Å². The maximum Gasteiger partial charge on any atom is 0.339 e. The van der Waals surface area contributed by atoms with Gasteiger partial charge in [0.2, 0.25) is 0 Å². The first-order valence-electron chi connectivity index (χ1n) is 6.14. The van der Waals surface area contributed by atoms with E-state index in [1.807, 2.05) is 0 Å². The van der Waals surface area contributed by atoms with E-state index in [2.05, 4.69) is 0 Å². The van der Waals surface area contributed by atoms with Crippen molar-refractivity contribution >= 4 is 11.9 Å². The molecular formula is C14H19NO4. The Morgan fingerprint density at radius 3 is 2.47 bits per heavy atom. The van der Waals surface area contributed by atoms with E-state index in [0.29, 0.717) is 18.5 Å². The first kappa shape index (κ1) is 15.2. The third kappa shape index (κ3) is 3.32. The number of nitrogens with two attached hydrogens (primary N) is 1. The van der Waals surface area contributed by atoms with Crippen molar-refractivity contribution < 1.29 is 19.1 Å². The Hall–Kier alpha value is -1.88. The second-order valence-corrected chi connectivity index (χ2v) is 4.02. The number of carbonyl (C=O) groups is 2. The molecule has 2 N–H and O–H groups in total. The molecule has 0 amide bonds. The van der Waals surface area contributed by atoms with E-state index in [-0.39, 0.29) is 17.7 Å². The van der Waals surface area contributed by atoms with Gasteiger partial charge in [-0.2, -0.15) is 0 Å². The molecule has 5 nitrogen and oxygen atoms in total. The Morgan fingerprint density at radius 1 is 1.26 bits per heavy atom. The Morgan fingerprint density at radius 2 is 1.95 bits per heavy atom. The van der Waals surface area contributed by atoms with Crippen LogP contribution in [0.25, 0.3) is 0 Å². The smallest absolute Gasteiger partial charge is 0.339 e. The summed E-state index contributed by atoms with van der Waals surface area (Å²) in [5.41, 5.74) is 7.65. The third-order valence-electron chi connectivity index (χ3n) is 2.88. The molecule has 0 bridgehead atoms. The first-order valence-corrected chi connectivity index (χ1v) is 6.14. The highest BCUT2D eigenvalue weighted by atomic mass is 16.5. The number of hydrogen-bond acceptors (Lipinski definition) is 5. The van der Waals surface area contributed by atoms with Crippen LogP contribution in [0.2, 0.25) is 0 Å². The summed E-state index contributed by atoms with van der Waals surface area (Å²) < 4.78 is 9.69. The number of methoxy groups -OCH3 is 1. The number of hydrogen-bond donors (Lipinski definition) is 1. The number of carbonyl (C=O) groups excluding carboxylic acids is 2. The van der Waals surface area contributed by atoms with Crippen molar-refractivity contribution in [3.63, 3.8) is 0 Å². The molecule has 0 unspecified atom stereocenters. The van der Waals surface area contributed by atoms with Crippen LogP contribution in [0.1, 0.15) is 38.8 Å². The molecular weight excluding hydrogens is 246 g/mol. The van der Waals surface area contributed by atoms with Gasteiger partial charge in [0.15, 0.2) is 0 Å². The van der Waals surface area contributed by atoms with Crippen molar-refractivity contribution in [3.05, 3.63) is 34.4 Å². The Kier molecular flexibility index (Phi) is 5.51. The zero-order valence-electron chi connectivity index (χ0n) is 11.5. The fourth-order valence-electron chi connectivity index (χ4n) is 1.93. The highest BCUT2D eigenvalue weighted by molar-refractivity contribution is 6.04. The predicted octanol–water partition coefficient (Wildman–Crippen LogP) is 1.46. The van der Waals surface area contributed by atoms with Gasteiger partial charge in [0.25, 0.3) is 0 Å². The van der Waals surface area contributed by atoms with E-state index in [1.54, 1.807) is 26.0 Å². The van der Waals surface area contributed by atoms with Crippen molar-refractivity contribution in [1.29, 1.82) is 0 Å². The van der Waals surface area contributed by atoms with Crippen LogP contribution in [0.15, 0.2) is 12.1 Å². The minimum Gasteiger partial charge on any atom is -0.465 e. The molecule has 0 aliphatic carbocycles. The largest absolute Gasteiger partial charge is 0.465 e. The molecule has 0 saturated heterocycles. The van der Waals surface area contributed by atoms with Crippen molar-refractivity contribution in [3.8, 4) is 0 Å². The standard InChI is InChI=1S/C14H19NO4/c1-4-19-13(16)11-6-5-10(7-8-15)9(2)12(11)14(17)18-3/h5-6H,4,7-8,15H2,1-3H3. The topological polar surface area (TPSA) is 78.6 Å². The summed E-state index contributed by atoms with van der Waals surface area (Å²) in [5, 5.41) is 0. The van der Waals surface area contributed by atoms with Gasteiger partial charge in [-0.05, 0) is 44.0 Å². The molecule has 0 atom stereocenters. The van der Waals surface area contributed by atoms with Crippen LogP contribution in [0.4, 0.5) is 0 Å². The summed E-state index contributed by atoms with van der Waals surface area (Å²) in [5.74, 6) is -1.07. The minimum absolute atomic E-state index is 0.229. The van der Waals surface area contributed by atoms with Gasteiger partial charge in [-0.3, -0.25) is 0 Å². The zero-order valence-corrected chi connectivity index (χ0v) is 11.5. The third-order valence-corrected chi connectivity index (χ3v) is 2.88. The summed E-state index contributed by atoms with van der Waals surface area (Å²) in [6.07, 6.45) is 0.638. The van der Waals surface area contributed by atoms with E-state index in [9.17, 15) is 9.59 Å². The van der Waals surface area contributed by atoms with Crippen LogP contribution in [0.5, 0.6) is 0 Å². The van der Waals surface area contributed by atoms with Crippen LogP contribution in [0.3, 0.4) is 0 Å². The molecule has 0 aromatic heterocycles. The Balaban J connectivity index is 3.35. The van der Waals surface area contributed by atoms with Gasteiger partial charge in [0.05, 0.1) is 24.8 Å². The average Bonchev–Trinajstić information content (AvgIpc) is 2.40. The van der Waals surface area contributed by atoms with Gasteiger partial charge in [-0.15, -0.1) is 0 Å². The lowest BCUT2D eigenvalue weighted by Crippen LogP contribution is -2.16. The predicted molar refractivity (Wildman–Crippen MR) is 71.2 cm³/mol. The molecule has 1 aromatic rings. The van der Waals surface area contributed by atoms with Crippen LogP contribution in [-0.2, 0) is 15.9 Å². The lowest BCUT2D eigenvalue weighted by Gasteiger charge is -2.13. The Labute approximate surface area is 112 Å². The molecule has 0 saturated carbocycles. The second kappa shape index (κ2) is 6.89. The minimum atomic E-state index is -0.542. The molecule has 0 spiro atoms. The second-order valence-electron chi connectivity index (χ2n) is 4.02. The maximum atomic E-state index is 11.9. The van der Waals surface area contributed by atoms with E-state index < -0.39 is 11.9 Å². The number of rotatable bonds is 5. The molecule has 5 heteroatoms. The van der Waals surface area contributed by atoms with Gasteiger partial charge in [-0.25, -0.2) is 9.59 Å². The molecule has 0 aliphatic heterocycles. The number of esters is 2. The molecule has 0 fully saturated rings. The van der Waals surface area contributed by atoms with Crippen LogP contribution in [0, 0.1) is 6.92 Å². The van der Waals surface area contributed by atoms with Crippen LogP contribution >= 0.6 is 0 Å². The van der Waals surface area contributed by atoms with E-state index in [4.69, 9.17) is 15.2 Å². The van der Waals surface area contributed by atoms with Crippen LogP contribution < -0.4 is 5.73 Å². The summed E-state index contributed by atoms with van der Waals surface area (Å²) in [6.45, 7) is 4.22. The summed E-state index contributed by atoms with van der Waals surface area (Å²) in [6, 6.07) is 3.38. The number of ether oxygens (including phenoxy) is 2. The normalized spacial score (nSPS) is 10.1. The highest BCUT2D eigenvalue weighted by Gasteiger charge is 2.22. The molecule has 1 rings (SSSR count). The van der Waals surface area contributed by atoms with Gasteiger partial charge < -0.3 is 15.2 Å². The molecule has 1 aromatic carbocycles. The van der Waals surface area contributed by atoms with E-state index in [0.717, 1.165) is 5.56 Å². The van der Waals surface area contributed by atoms with Gasteiger partial charge in [0, 0.05) is 0 Å². The molecule has 19 heavy (non-hydrogen) atoms. The fourth-order valence-corrected chi connectivity index (χ4v) is 1.93. The average molecular weight is 265 g/mol. The number of benzene rings is 1. The molecule has 0 heterocycles. The van der Waals surface area contributed by atoms with Crippen LogP contribution in [-0.4, -0.2) is 32.2 Å². The monoisotopic (exact) mass is 265 g/mol. The van der Waals surface area contributed by atoms with E-state index in [1.165, 1.54) is 7.11 Å². The molecule has 104 valence electrons. The SMILES string of the molecule is CCOC(=O)c1ccc(CCN)c(C)c1C(=O)OC. The highest BCUT2D eigenvalue weighted by Crippen LogP contribution is 2.21. The molecule has 0 aliphatic rings. The summed E-state index contributed by atoms with van der Waals surface area (Å²) >= 11 is 0. The van der Waals surface area contributed by atoms with Crippen molar-refractivity contribution in [2.24, 2.45) is 5.73 Å². The Bertz CT molecular complexity index is 483. The maximum absolute atomic E-state index is 11.9. The van der Waals surface area contributed by atoms with Gasteiger partial charge in [-0.1, -0.05) is 6.07 Å². The lowest BCUT2D eigenvalue weighted by molar-refractivity contribution is 0.0503. The van der Waals surface area contributed by atoms with Crippen molar-refractivity contribution in [2.75, 3.05) is 20.3 Å². The first-order chi connectivity index (χ1) is 9.06. The van der Waals surface area contributed by atoms with E-state index >= 15 is 0 Å². The molecule has 0 radical (unpaired) electrons. The van der Waals surface area contributed by atoms with Gasteiger partial charge >= 0.3 is 11.9 Å². The van der Waals surface area contributed by atoms with Crippen molar-refractivity contribution in [2.45, 2.75) is 20.3 Å². The fraction of sp³-hybridized carbons (Fsp3) is 0.429. The zero-order chi connectivity index (χ0) is 14.4. The summed E-state index contributed by atoms with van der Waals surface area (Å²) in [4.78, 5) is 23.7. The van der Waals surface area contributed by atoms with Crippen molar-refractivity contribution in [1.82, 2.24) is 0 Å². The summed E-state index contributed by atoms with van der Waals surface area (Å²) in [7, 11) is 1.28.